The lowest BCUT2D eigenvalue weighted by atomic mass is 10.1. The molecule has 0 saturated carbocycles. The van der Waals surface area contributed by atoms with Crippen molar-refractivity contribution in [1.29, 1.82) is 0 Å². The van der Waals surface area contributed by atoms with E-state index in [1.165, 1.54) is 0 Å². The van der Waals surface area contributed by atoms with Crippen LogP contribution in [0.2, 0.25) is 0 Å². The highest BCUT2D eigenvalue weighted by atomic mass is 32.2. The minimum Gasteiger partial charge on any atom is -0.500 e. The highest BCUT2D eigenvalue weighted by Crippen LogP contribution is 2.17. The molecule has 3 heteroatoms. The molecular formula is C12H14O2S. The summed E-state index contributed by atoms with van der Waals surface area (Å²) in [6, 6.07) is 10.1. The van der Waals surface area contributed by atoms with Gasteiger partial charge in [0.15, 0.2) is 0 Å². The molecule has 0 N–H and O–H groups in total. The van der Waals surface area contributed by atoms with Crippen LogP contribution in [0.1, 0.15) is 12.5 Å². The Labute approximate surface area is 92.4 Å². The lowest BCUT2D eigenvalue weighted by molar-refractivity contribution is 0.261. The Hall–Kier alpha value is -1.09. The van der Waals surface area contributed by atoms with Gasteiger partial charge in [-0.05, 0) is 18.1 Å². The van der Waals surface area contributed by atoms with Crippen molar-refractivity contribution in [3.63, 3.8) is 0 Å². The van der Waals surface area contributed by atoms with Crippen LogP contribution in [-0.4, -0.2) is 21.8 Å². The molecule has 0 radical (unpaired) electrons. The van der Waals surface area contributed by atoms with E-state index in [0.29, 0.717) is 6.61 Å². The number of ether oxygens (including phenoxy) is 1. The zero-order valence-electron chi connectivity index (χ0n) is 8.68. The molecule has 1 heterocycles. The smallest absolute Gasteiger partial charge is 0.103 e. The van der Waals surface area contributed by atoms with Gasteiger partial charge in [0, 0.05) is 16.6 Å². The van der Waals surface area contributed by atoms with Gasteiger partial charge in [-0.15, -0.1) is 0 Å². The van der Waals surface area contributed by atoms with E-state index in [9.17, 15) is 4.21 Å². The maximum absolute atomic E-state index is 10.8. The SMILES string of the molecule is C/C(=C/OCC1CS1=O)c1ccccc1. The van der Waals surface area contributed by atoms with E-state index in [2.05, 4.69) is 0 Å². The van der Waals surface area contributed by atoms with Crippen molar-refractivity contribution in [3.05, 3.63) is 42.2 Å². The Kier molecular flexibility index (Phi) is 3.21. The van der Waals surface area contributed by atoms with E-state index in [1.54, 1.807) is 6.26 Å². The van der Waals surface area contributed by atoms with E-state index < -0.39 is 10.8 Å². The van der Waals surface area contributed by atoms with Crippen LogP contribution >= 0.6 is 0 Å². The largest absolute Gasteiger partial charge is 0.500 e. The Morgan fingerprint density at radius 2 is 2.20 bits per heavy atom. The van der Waals surface area contributed by atoms with Crippen LogP contribution in [0.4, 0.5) is 0 Å². The number of allylic oxidation sites excluding steroid dienone is 1. The summed E-state index contributed by atoms with van der Waals surface area (Å²) in [5.41, 5.74) is 2.26. The summed E-state index contributed by atoms with van der Waals surface area (Å²) in [5, 5.41) is 0.268. The third-order valence-corrected chi connectivity index (χ3v) is 3.73. The van der Waals surface area contributed by atoms with Gasteiger partial charge in [-0.1, -0.05) is 30.3 Å². The average Bonchev–Trinajstić information content (AvgIpc) is 2.96. The molecule has 80 valence electrons. The number of benzene rings is 1. The summed E-state index contributed by atoms with van der Waals surface area (Å²) in [5.74, 6) is 0.804. The Bertz CT molecular complexity index is 384. The predicted octanol–water partition coefficient (Wildman–Crippen LogP) is 2.19. The van der Waals surface area contributed by atoms with Gasteiger partial charge in [0.05, 0.1) is 11.5 Å². The highest BCUT2D eigenvalue weighted by molar-refractivity contribution is 7.93. The fraction of sp³-hybridized carbons (Fsp3) is 0.333. The lowest BCUT2D eigenvalue weighted by Crippen LogP contribution is -1.96. The molecule has 0 spiro atoms. The molecule has 15 heavy (non-hydrogen) atoms. The monoisotopic (exact) mass is 222 g/mol. The maximum Gasteiger partial charge on any atom is 0.103 e. The molecule has 1 aliphatic rings. The predicted molar refractivity (Wildman–Crippen MR) is 62.8 cm³/mol. The molecule has 0 amide bonds. The molecule has 2 unspecified atom stereocenters. The van der Waals surface area contributed by atoms with E-state index in [0.717, 1.165) is 16.9 Å². The van der Waals surface area contributed by atoms with Crippen LogP contribution in [0.15, 0.2) is 36.6 Å². The quantitative estimate of drug-likeness (QED) is 0.576. The molecule has 1 saturated heterocycles. The van der Waals surface area contributed by atoms with Crippen molar-refractivity contribution in [1.82, 2.24) is 0 Å². The standard InChI is InChI=1S/C12H14O2S/c1-10(11-5-3-2-4-6-11)7-14-8-12-9-15(12)13/h2-7,12H,8-9H2,1H3/b10-7-. The van der Waals surface area contributed by atoms with Gasteiger partial charge in [-0.3, -0.25) is 4.21 Å². The van der Waals surface area contributed by atoms with Crippen LogP contribution in [0, 0.1) is 0 Å². The second-order valence-electron chi connectivity index (χ2n) is 3.67. The van der Waals surface area contributed by atoms with Crippen molar-refractivity contribution in [3.8, 4) is 0 Å². The second-order valence-corrected chi connectivity index (χ2v) is 5.43. The Balaban J connectivity index is 1.87. The highest BCUT2D eigenvalue weighted by Gasteiger charge is 2.33. The zero-order valence-corrected chi connectivity index (χ0v) is 9.50. The lowest BCUT2D eigenvalue weighted by Gasteiger charge is -2.02. The molecule has 1 aromatic carbocycles. The zero-order chi connectivity index (χ0) is 10.7. The molecule has 1 aromatic rings. The van der Waals surface area contributed by atoms with Gasteiger partial charge in [0.1, 0.15) is 6.61 Å². The fourth-order valence-corrected chi connectivity index (χ4v) is 2.10. The first kappa shape index (κ1) is 10.4. The third-order valence-electron chi connectivity index (χ3n) is 2.38. The van der Waals surface area contributed by atoms with Gasteiger partial charge >= 0.3 is 0 Å². The van der Waals surface area contributed by atoms with E-state index >= 15 is 0 Å². The number of rotatable bonds is 4. The van der Waals surface area contributed by atoms with E-state index in [-0.39, 0.29) is 5.25 Å². The summed E-state index contributed by atoms with van der Waals surface area (Å²) < 4.78 is 16.2. The van der Waals surface area contributed by atoms with Crippen LogP contribution in [0.25, 0.3) is 5.57 Å². The minimum atomic E-state index is -0.612. The van der Waals surface area contributed by atoms with Crippen molar-refractivity contribution >= 4 is 16.4 Å². The molecule has 2 atom stereocenters. The maximum atomic E-state index is 10.8. The first-order valence-corrected chi connectivity index (χ1v) is 6.36. The molecule has 2 rings (SSSR count). The molecule has 0 bridgehead atoms. The molecule has 2 nitrogen and oxygen atoms in total. The minimum absolute atomic E-state index is 0.268. The molecular weight excluding hydrogens is 208 g/mol. The van der Waals surface area contributed by atoms with Crippen molar-refractivity contribution < 1.29 is 8.95 Å². The third kappa shape index (κ3) is 2.93. The van der Waals surface area contributed by atoms with Crippen molar-refractivity contribution in [2.75, 3.05) is 12.4 Å². The van der Waals surface area contributed by atoms with Gasteiger partial charge < -0.3 is 4.74 Å². The van der Waals surface area contributed by atoms with Gasteiger partial charge in [0.25, 0.3) is 0 Å². The summed E-state index contributed by atoms with van der Waals surface area (Å²) in [6.07, 6.45) is 1.75. The normalized spacial score (nSPS) is 25.0. The van der Waals surface area contributed by atoms with Crippen LogP contribution < -0.4 is 0 Å². The Morgan fingerprint density at radius 3 is 2.80 bits per heavy atom. The van der Waals surface area contributed by atoms with Gasteiger partial charge in [0.2, 0.25) is 0 Å². The summed E-state index contributed by atoms with van der Waals surface area (Å²) in [6.45, 7) is 2.59. The van der Waals surface area contributed by atoms with E-state index in [1.807, 2.05) is 37.3 Å². The van der Waals surface area contributed by atoms with Gasteiger partial charge in [-0.25, -0.2) is 0 Å². The van der Waals surface area contributed by atoms with Crippen molar-refractivity contribution in [2.45, 2.75) is 12.2 Å². The van der Waals surface area contributed by atoms with Crippen LogP contribution in [0.5, 0.6) is 0 Å². The summed E-state index contributed by atoms with van der Waals surface area (Å²) in [4.78, 5) is 0. The van der Waals surface area contributed by atoms with Crippen LogP contribution in [-0.2, 0) is 15.5 Å². The van der Waals surface area contributed by atoms with Crippen molar-refractivity contribution in [2.24, 2.45) is 0 Å². The first-order chi connectivity index (χ1) is 7.27. The number of hydrogen-bond donors (Lipinski definition) is 0. The summed E-state index contributed by atoms with van der Waals surface area (Å²) >= 11 is 0. The fourth-order valence-electron chi connectivity index (χ4n) is 1.32. The van der Waals surface area contributed by atoms with Crippen LogP contribution in [0.3, 0.4) is 0 Å². The van der Waals surface area contributed by atoms with E-state index in [4.69, 9.17) is 4.74 Å². The van der Waals surface area contributed by atoms with Gasteiger partial charge in [-0.2, -0.15) is 0 Å². The summed E-state index contributed by atoms with van der Waals surface area (Å²) in [7, 11) is -0.612. The first-order valence-electron chi connectivity index (χ1n) is 4.98. The average molecular weight is 222 g/mol. The molecule has 1 aliphatic heterocycles. The second kappa shape index (κ2) is 4.62. The number of hydrogen-bond acceptors (Lipinski definition) is 2. The molecule has 0 aliphatic carbocycles. The molecule has 0 aromatic heterocycles. The Morgan fingerprint density at radius 1 is 1.53 bits per heavy atom. The topological polar surface area (TPSA) is 26.3 Å². The molecule has 1 fully saturated rings.